The van der Waals surface area contributed by atoms with Crippen molar-refractivity contribution in [2.45, 2.75) is 49.4 Å². The number of hydrogen-bond acceptors (Lipinski definition) is 4. The first-order valence-electron chi connectivity index (χ1n) is 37.3. The highest BCUT2D eigenvalue weighted by atomic mass is 16.5. The van der Waals surface area contributed by atoms with E-state index in [-0.39, 0.29) is 0 Å². The van der Waals surface area contributed by atoms with Crippen molar-refractivity contribution >= 4 is 57.0 Å². The number of rotatable bonds is 25. The van der Waals surface area contributed by atoms with Crippen molar-refractivity contribution in [2.75, 3.05) is 23.0 Å². The lowest BCUT2D eigenvalue weighted by Gasteiger charge is -2.34. The van der Waals surface area contributed by atoms with Gasteiger partial charge in [0.2, 0.25) is 0 Å². The van der Waals surface area contributed by atoms with Gasteiger partial charge in [-0.3, -0.25) is 0 Å². The fourth-order valence-electron chi connectivity index (χ4n) is 16.9. The second-order valence-electron chi connectivity index (χ2n) is 28.0. The lowest BCUT2D eigenvalue weighted by molar-refractivity contribution is 0.301. The number of fused-ring (bicyclic) bond motifs is 7. The molecule has 0 saturated carbocycles. The summed E-state index contributed by atoms with van der Waals surface area (Å²) >= 11 is 0. The Labute approximate surface area is 623 Å². The van der Waals surface area contributed by atoms with Gasteiger partial charge in [-0.2, -0.15) is 0 Å². The Kier molecular flexibility index (Phi) is 18.5. The minimum Gasteiger partial charge on any atom is -0.494 e. The van der Waals surface area contributed by atoms with Crippen molar-refractivity contribution in [3.05, 3.63) is 422 Å². The van der Waals surface area contributed by atoms with Crippen molar-refractivity contribution < 1.29 is 9.47 Å². The van der Waals surface area contributed by atoms with Crippen molar-refractivity contribution in [1.82, 2.24) is 0 Å². The number of hydrogen-bond donors (Lipinski definition) is 0. The molecular weight excluding hydrogens is 1290 g/mol. The summed E-state index contributed by atoms with van der Waals surface area (Å²) in [6, 6.07) is 134. The monoisotopic (exact) mass is 1370 g/mol. The standard InChI is InChI=1S/C102H82N2O2/c1-3-73-41-59-87(60-42-73)105-69-25-23-67-101(80-31-13-7-14-32-80)96-39-21-19-36-91(96)93-63-57-85(71-98(93)101)103(82-51-45-77(46-52-82)75-27-9-5-10-28-75)83-55-49-79(50-56-83)89-65-66-100(95-38-18-17-35-90(89)95)104(84-53-47-78(48-54-84)76-29-11-6-12-30-76)86-58-64-94-92-37-20-22-40-97(92)102(99(94)72-86,81-33-15-8-16-34-81)68-24-26-70-106-88-61-43-74(4-2)44-62-88/h3-22,27-66,71-72H,1-2,23-26,67-70H2. The second kappa shape index (κ2) is 29.5. The molecule has 0 amide bonds. The van der Waals surface area contributed by atoms with Gasteiger partial charge in [0.15, 0.2) is 0 Å². The minimum atomic E-state index is -0.424. The summed E-state index contributed by atoms with van der Waals surface area (Å²) in [5.41, 5.74) is 27.9. The molecule has 0 aliphatic heterocycles. The zero-order valence-electron chi connectivity index (χ0n) is 59.6. The normalized spacial score (nSPS) is 14.5. The van der Waals surface area contributed by atoms with E-state index in [2.05, 4.69) is 363 Å². The summed E-state index contributed by atoms with van der Waals surface area (Å²) in [6.07, 6.45) is 9.29. The smallest absolute Gasteiger partial charge is 0.119 e. The van der Waals surface area contributed by atoms with Crippen molar-refractivity contribution in [3.63, 3.8) is 0 Å². The molecule has 2 aliphatic carbocycles. The van der Waals surface area contributed by atoms with Gasteiger partial charge in [-0.1, -0.05) is 298 Å². The quantitative estimate of drug-likeness (QED) is 0.0533. The summed E-state index contributed by atoms with van der Waals surface area (Å²) in [6.45, 7) is 9.14. The van der Waals surface area contributed by atoms with Gasteiger partial charge in [-0.15, -0.1) is 0 Å². The summed E-state index contributed by atoms with van der Waals surface area (Å²) in [5, 5.41) is 2.32. The van der Waals surface area contributed by atoms with Crippen LogP contribution in [0.25, 0.3) is 78.6 Å². The molecule has 17 rings (SSSR count). The first-order chi connectivity index (χ1) is 52.4. The Hall–Kier alpha value is -12.8. The molecule has 106 heavy (non-hydrogen) atoms. The van der Waals surface area contributed by atoms with Gasteiger partial charge in [-0.05, 0) is 235 Å². The van der Waals surface area contributed by atoms with Gasteiger partial charge < -0.3 is 19.3 Å². The van der Waals surface area contributed by atoms with Crippen LogP contribution in [0.2, 0.25) is 0 Å². The number of nitrogens with zero attached hydrogens (tertiary/aromatic N) is 2. The van der Waals surface area contributed by atoms with Crippen LogP contribution in [0.5, 0.6) is 11.5 Å². The van der Waals surface area contributed by atoms with Crippen molar-refractivity contribution in [1.29, 1.82) is 0 Å². The minimum absolute atomic E-state index is 0.411. The largest absolute Gasteiger partial charge is 0.494 e. The van der Waals surface area contributed by atoms with Gasteiger partial charge in [-0.25, -0.2) is 0 Å². The van der Waals surface area contributed by atoms with E-state index < -0.39 is 10.8 Å². The summed E-state index contributed by atoms with van der Waals surface area (Å²) < 4.78 is 12.8. The van der Waals surface area contributed by atoms with Crippen LogP contribution in [-0.2, 0) is 10.8 Å². The molecule has 2 aliphatic rings. The summed E-state index contributed by atoms with van der Waals surface area (Å²) in [5.74, 6) is 1.76. The molecule has 0 spiro atoms. The molecule has 4 nitrogen and oxygen atoms in total. The summed E-state index contributed by atoms with van der Waals surface area (Å²) in [7, 11) is 0. The maximum Gasteiger partial charge on any atom is 0.119 e. The van der Waals surface area contributed by atoms with Crippen LogP contribution in [0.1, 0.15) is 83.0 Å². The Balaban J connectivity index is 0.752. The summed E-state index contributed by atoms with van der Waals surface area (Å²) in [4.78, 5) is 4.95. The predicted molar refractivity (Wildman–Crippen MR) is 445 cm³/mol. The molecule has 0 fully saturated rings. The van der Waals surface area contributed by atoms with Gasteiger partial charge in [0.05, 0.1) is 18.9 Å². The van der Waals surface area contributed by atoms with Crippen LogP contribution in [0.3, 0.4) is 0 Å². The topological polar surface area (TPSA) is 24.9 Å². The van der Waals surface area contributed by atoms with Gasteiger partial charge in [0.25, 0.3) is 0 Å². The van der Waals surface area contributed by atoms with E-state index >= 15 is 0 Å². The molecule has 15 aromatic rings. The molecule has 512 valence electrons. The van der Waals surface area contributed by atoms with Crippen LogP contribution >= 0.6 is 0 Å². The molecular formula is C102H82N2O2. The van der Waals surface area contributed by atoms with Crippen LogP contribution in [0.15, 0.2) is 377 Å². The average molecular weight is 1370 g/mol. The van der Waals surface area contributed by atoms with E-state index in [1.807, 2.05) is 36.4 Å². The first kappa shape index (κ1) is 66.5. The third kappa shape index (κ3) is 12.6. The zero-order chi connectivity index (χ0) is 71.2. The fraction of sp³-hybridized carbons (Fsp3) is 0.0980. The molecule has 0 N–H and O–H groups in total. The predicted octanol–water partition coefficient (Wildman–Crippen LogP) is 27.2. The molecule has 0 bridgehead atoms. The number of benzene rings is 15. The van der Waals surface area contributed by atoms with Gasteiger partial charge >= 0.3 is 0 Å². The van der Waals surface area contributed by atoms with Crippen molar-refractivity contribution in [3.8, 4) is 67.1 Å². The van der Waals surface area contributed by atoms with Gasteiger partial charge in [0.1, 0.15) is 11.5 Å². The highest BCUT2D eigenvalue weighted by Gasteiger charge is 2.46. The van der Waals surface area contributed by atoms with Gasteiger partial charge in [0, 0.05) is 44.7 Å². The second-order valence-corrected chi connectivity index (χ2v) is 28.0. The van der Waals surface area contributed by atoms with Crippen LogP contribution < -0.4 is 19.3 Å². The van der Waals surface area contributed by atoms with E-state index in [4.69, 9.17) is 9.47 Å². The third-order valence-corrected chi connectivity index (χ3v) is 22.0. The molecule has 0 aromatic heterocycles. The average Bonchev–Trinajstić information content (AvgIpc) is 1.55. The Morgan fingerprint density at radius 3 is 1.07 bits per heavy atom. The van der Waals surface area contributed by atoms with E-state index in [1.165, 1.54) is 83.3 Å². The van der Waals surface area contributed by atoms with Crippen LogP contribution in [0, 0.1) is 0 Å². The Morgan fingerprint density at radius 2 is 0.613 bits per heavy atom. The number of unbranched alkanes of at least 4 members (excludes halogenated alkanes) is 2. The lowest BCUT2D eigenvalue weighted by Crippen LogP contribution is -2.27. The number of ether oxygens (including phenoxy) is 2. The van der Waals surface area contributed by atoms with Crippen molar-refractivity contribution in [2.24, 2.45) is 0 Å². The Morgan fingerprint density at radius 1 is 0.264 bits per heavy atom. The lowest BCUT2D eigenvalue weighted by atomic mass is 9.69. The van der Waals surface area contributed by atoms with Crippen LogP contribution in [0.4, 0.5) is 34.1 Å². The number of anilines is 6. The highest BCUT2D eigenvalue weighted by Crippen LogP contribution is 2.59. The van der Waals surface area contributed by atoms with E-state index in [0.717, 1.165) is 112 Å². The molecule has 15 aromatic carbocycles. The molecule has 4 heteroatoms. The first-order valence-corrected chi connectivity index (χ1v) is 37.3. The maximum atomic E-state index is 6.39. The van der Waals surface area contributed by atoms with E-state index in [0.29, 0.717) is 13.2 Å². The molecule has 0 radical (unpaired) electrons. The SMILES string of the molecule is C=Cc1ccc(OCCCCC2(c3ccccc3)c3ccccc3-c3ccc(N(c4ccc(-c5ccccc5)cc4)c4ccc(-c5ccc(N(c6ccc(-c7ccccc7)cc6)c6ccc7c(c6)C(CCCCOc6ccc(C=C)cc6)(c6ccccc6)c6ccccc6-7)c6ccccc56)cc4)cc32)cc1. The highest BCUT2D eigenvalue weighted by molar-refractivity contribution is 6.07. The Bertz CT molecular complexity index is 5600. The molecule has 0 heterocycles. The third-order valence-electron chi connectivity index (χ3n) is 22.0. The maximum absolute atomic E-state index is 6.39. The fourth-order valence-corrected chi connectivity index (χ4v) is 16.9. The van der Waals surface area contributed by atoms with Crippen LogP contribution in [-0.4, -0.2) is 13.2 Å². The van der Waals surface area contributed by atoms with E-state index in [9.17, 15) is 0 Å². The molecule has 2 atom stereocenters. The molecule has 2 unspecified atom stereocenters. The zero-order valence-corrected chi connectivity index (χ0v) is 59.6. The molecule has 0 saturated heterocycles. The van der Waals surface area contributed by atoms with E-state index in [1.54, 1.807) is 0 Å².